The van der Waals surface area contributed by atoms with Gasteiger partial charge >= 0.3 is 6.09 Å². The fraction of sp³-hybridized carbons (Fsp3) is 0.786. The zero-order valence-corrected chi connectivity index (χ0v) is 15.9. The minimum absolute atomic E-state index is 0.00502. The van der Waals surface area contributed by atoms with Gasteiger partial charge in [0.15, 0.2) is 5.12 Å². The molecule has 0 aliphatic rings. The first-order valence-electron chi connectivity index (χ1n) is 7.30. The normalized spacial score (nSPS) is 12.4. The van der Waals surface area contributed by atoms with Crippen LogP contribution in [0.4, 0.5) is 4.79 Å². The van der Waals surface area contributed by atoms with Gasteiger partial charge in [-0.15, -0.1) is 0 Å². The fourth-order valence-electron chi connectivity index (χ4n) is 1.32. The third-order valence-corrected chi connectivity index (χ3v) is 3.84. The van der Waals surface area contributed by atoms with Crippen molar-refractivity contribution in [3.8, 4) is 0 Å². The Hall–Kier alpha value is -0.930. The van der Waals surface area contributed by atoms with E-state index in [-0.39, 0.29) is 16.8 Å². The number of rotatable bonds is 9. The minimum Gasteiger partial charge on any atom is -0.444 e. The largest absolute Gasteiger partial charge is 0.444 e. The van der Waals surface area contributed by atoms with Gasteiger partial charge < -0.3 is 19.6 Å². The number of hydrogen-bond donors (Lipinski definition) is 2. The first-order valence-corrected chi connectivity index (χ1v) is 9.20. The summed E-state index contributed by atoms with van der Waals surface area (Å²) in [5.41, 5.74) is -0.643. The predicted molar refractivity (Wildman–Crippen MR) is 93.4 cm³/mol. The molecule has 0 bridgehead atoms. The van der Waals surface area contributed by atoms with Crippen molar-refractivity contribution in [2.45, 2.75) is 46.3 Å². The molecule has 0 fully saturated rings. The number of thioether (sulfide) groups is 1. The van der Waals surface area contributed by atoms with E-state index in [4.69, 9.17) is 8.92 Å². The highest BCUT2D eigenvalue weighted by molar-refractivity contribution is 8.13. The lowest BCUT2D eigenvalue weighted by molar-refractivity contribution is -0.122. The number of amides is 2. The molecule has 7 nitrogen and oxygen atoms in total. The molecular weight excluding hydrogens is 340 g/mol. The van der Waals surface area contributed by atoms with Crippen molar-refractivity contribution in [1.29, 1.82) is 0 Å². The van der Waals surface area contributed by atoms with E-state index >= 15 is 0 Å². The molecule has 0 radical (unpaired) electrons. The average molecular weight is 367 g/mol. The van der Waals surface area contributed by atoms with E-state index in [2.05, 4.69) is 10.6 Å². The summed E-state index contributed by atoms with van der Waals surface area (Å²) in [6.45, 7) is 9.39. The van der Waals surface area contributed by atoms with E-state index in [1.54, 1.807) is 20.8 Å². The maximum absolute atomic E-state index is 12.1. The lowest BCUT2D eigenvalue weighted by atomic mass is 10.2. The summed E-state index contributed by atoms with van der Waals surface area (Å²) < 4.78 is 10.3. The van der Waals surface area contributed by atoms with Crippen LogP contribution >= 0.6 is 23.8 Å². The molecule has 0 saturated heterocycles. The highest BCUT2D eigenvalue weighted by Crippen LogP contribution is 2.09. The SMILES string of the molecule is CCOSCC(NC(=O)OC(C)(C)C)C(=O)NCCSC(C)=O. The van der Waals surface area contributed by atoms with Crippen LogP contribution in [0.5, 0.6) is 0 Å². The van der Waals surface area contributed by atoms with E-state index < -0.39 is 17.7 Å². The van der Waals surface area contributed by atoms with Crippen molar-refractivity contribution in [1.82, 2.24) is 10.6 Å². The molecule has 0 saturated carbocycles. The number of nitrogens with one attached hydrogen (secondary N) is 2. The van der Waals surface area contributed by atoms with Crippen molar-refractivity contribution in [3.63, 3.8) is 0 Å². The number of carbonyl (C=O) groups is 3. The quantitative estimate of drug-likeness (QED) is 0.476. The maximum atomic E-state index is 12.1. The summed E-state index contributed by atoms with van der Waals surface area (Å²) in [6.07, 6.45) is -0.659. The van der Waals surface area contributed by atoms with E-state index in [0.29, 0.717) is 18.9 Å². The molecular formula is C14H26N2O5S2. The van der Waals surface area contributed by atoms with Gasteiger partial charge in [-0.2, -0.15) is 0 Å². The standard InChI is InChI=1S/C14H26N2O5S2/c1-6-20-23-9-11(16-13(19)21-14(3,4)5)12(18)15-7-8-22-10(2)17/h11H,6-9H2,1-5H3,(H,15,18)(H,16,19). The molecule has 0 aliphatic carbocycles. The second-order valence-electron chi connectivity index (χ2n) is 5.52. The molecule has 1 atom stereocenters. The Morgan fingerprint density at radius 2 is 1.87 bits per heavy atom. The Labute approximate surface area is 146 Å². The van der Waals surface area contributed by atoms with Gasteiger partial charge in [-0.1, -0.05) is 11.8 Å². The topological polar surface area (TPSA) is 93.7 Å². The van der Waals surface area contributed by atoms with Gasteiger partial charge in [0, 0.05) is 25.0 Å². The lowest BCUT2D eigenvalue weighted by Crippen LogP contribution is -2.50. The third kappa shape index (κ3) is 13.2. The monoisotopic (exact) mass is 366 g/mol. The lowest BCUT2D eigenvalue weighted by Gasteiger charge is -2.23. The Bertz CT molecular complexity index is 399. The summed E-state index contributed by atoms with van der Waals surface area (Å²) in [6, 6.07) is -0.774. The van der Waals surface area contributed by atoms with Crippen molar-refractivity contribution >= 4 is 40.9 Å². The molecule has 0 aliphatic heterocycles. The second-order valence-corrected chi connectivity index (χ2v) is 7.60. The molecule has 9 heteroatoms. The molecule has 2 N–H and O–H groups in total. The van der Waals surface area contributed by atoms with Crippen LogP contribution in [0.15, 0.2) is 0 Å². The van der Waals surface area contributed by atoms with Gasteiger partial charge in [-0.05, 0) is 39.7 Å². The van der Waals surface area contributed by atoms with Crippen molar-refractivity contribution < 1.29 is 23.3 Å². The maximum Gasteiger partial charge on any atom is 0.408 e. The first kappa shape index (κ1) is 22.1. The number of carbonyl (C=O) groups excluding carboxylic acids is 3. The highest BCUT2D eigenvalue weighted by atomic mass is 32.2. The van der Waals surface area contributed by atoms with Gasteiger partial charge in [-0.3, -0.25) is 9.59 Å². The highest BCUT2D eigenvalue weighted by Gasteiger charge is 2.24. The van der Waals surface area contributed by atoms with E-state index in [0.717, 1.165) is 23.8 Å². The Morgan fingerprint density at radius 3 is 2.39 bits per heavy atom. The minimum atomic E-state index is -0.774. The molecule has 1 unspecified atom stereocenters. The zero-order valence-electron chi connectivity index (χ0n) is 14.3. The molecule has 134 valence electrons. The van der Waals surface area contributed by atoms with E-state index in [1.807, 2.05) is 6.92 Å². The van der Waals surface area contributed by atoms with Crippen LogP contribution in [0.2, 0.25) is 0 Å². The zero-order chi connectivity index (χ0) is 17.9. The van der Waals surface area contributed by atoms with Gasteiger partial charge in [0.2, 0.25) is 5.91 Å². The van der Waals surface area contributed by atoms with E-state index in [9.17, 15) is 14.4 Å². The van der Waals surface area contributed by atoms with E-state index in [1.165, 1.54) is 6.92 Å². The van der Waals surface area contributed by atoms with Crippen molar-refractivity contribution in [3.05, 3.63) is 0 Å². The fourth-order valence-corrected chi connectivity index (χ4v) is 2.45. The van der Waals surface area contributed by atoms with Crippen LogP contribution in [0.3, 0.4) is 0 Å². The smallest absolute Gasteiger partial charge is 0.408 e. The number of alkyl carbamates (subject to hydrolysis) is 1. The van der Waals surface area contributed by atoms with Crippen LogP contribution in [0, 0.1) is 0 Å². The van der Waals surface area contributed by atoms with Crippen LogP contribution < -0.4 is 10.6 Å². The molecule has 2 amide bonds. The Morgan fingerprint density at radius 1 is 1.22 bits per heavy atom. The van der Waals surface area contributed by atoms with Gasteiger partial charge in [0.1, 0.15) is 11.6 Å². The van der Waals surface area contributed by atoms with Crippen LogP contribution in [0.25, 0.3) is 0 Å². The summed E-state index contributed by atoms with van der Waals surface area (Å²) in [5, 5.41) is 5.21. The van der Waals surface area contributed by atoms with Gasteiger partial charge in [0.25, 0.3) is 0 Å². The summed E-state index contributed by atoms with van der Waals surface area (Å²) in [4.78, 5) is 34.8. The summed E-state index contributed by atoms with van der Waals surface area (Å²) in [5.74, 6) is 0.407. The van der Waals surface area contributed by atoms with Gasteiger partial charge in [-0.25, -0.2) is 4.79 Å². The molecule has 0 rings (SSSR count). The average Bonchev–Trinajstić information content (AvgIpc) is 2.40. The van der Waals surface area contributed by atoms with Gasteiger partial charge in [0.05, 0.1) is 6.61 Å². The van der Waals surface area contributed by atoms with Crippen molar-refractivity contribution in [2.75, 3.05) is 24.7 Å². The Balaban J connectivity index is 4.44. The first-order chi connectivity index (χ1) is 10.7. The summed E-state index contributed by atoms with van der Waals surface area (Å²) in [7, 11) is 0. The Kier molecular flexibility index (Phi) is 11.1. The molecule has 0 aromatic carbocycles. The van der Waals surface area contributed by atoms with Crippen LogP contribution in [0.1, 0.15) is 34.6 Å². The number of ether oxygens (including phenoxy) is 1. The van der Waals surface area contributed by atoms with Crippen molar-refractivity contribution in [2.24, 2.45) is 0 Å². The molecule has 23 heavy (non-hydrogen) atoms. The second kappa shape index (κ2) is 11.6. The molecule has 0 heterocycles. The molecule has 0 aromatic rings. The van der Waals surface area contributed by atoms with Crippen LogP contribution in [-0.2, 0) is 18.5 Å². The third-order valence-electron chi connectivity index (χ3n) is 2.15. The summed E-state index contributed by atoms with van der Waals surface area (Å²) >= 11 is 2.24. The predicted octanol–water partition coefficient (Wildman–Crippen LogP) is 1.96. The molecule has 0 aromatic heterocycles. The molecule has 0 spiro atoms. The number of hydrogen-bond acceptors (Lipinski definition) is 7. The van der Waals surface area contributed by atoms with Crippen LogP contribution in [-0.4, -0.2) is 53.4 Å².